The van der Waals surface area contributed by atoms with Crippen molar-refractivity contribution in [2.24, 2.45) is 15.2 Å². The van der Waals surface area contributed by atoms with E-state index < -0.39 is 17.6 Å². The molecule has 1 aliphatic rings. The van der Waals surface area contributed by atoms with Gasteiger partial charge in [-0.2, -0.15) is 0 Å². The number of azide groups is 2. The molecule has 0 fully saturated rings. The lowest BCUT2D eigenvalue weighted by Crippen LogP contribution is -2.50. The van der Waals surface area contributed by atoms with E-state index in [1.807, 2.05) is 0 Å². The lowest BCUT2D eigenvalue weighted by atomic mass is 9.81. The van der Waals surface area contributed by atoms with Gasteiger partial charge in [-0.15, -0.1) is 0 Å². The summed E-state index contributed by atoms with van der Waals surface area (Å²) in [5.74, 6) is 0.294. The van der Waals surface area contributed by atoms with Crippen molar-refractivity contribution in [1.29, 1.82) is 0 Å². The van der Waals surface area contributed by atoms with Crippen molar-refractivity contribution in [2.45, 2.75) is 30.9 Å². The van der Waals surface area contributed by atoms with Crippen LogP contribution in [-0.4, -0.2) is 42.2 Å². The predicted molar refractivity (Wildman–Crippen MR) is 184 cm³/mol. The third-order valence-corrected chi connectivity index (χ3v) is 8.29. The molecule has 2 atom stereocenters. The van der Waals surface area contributed by atoms with Gasteiger partial charge in [0.25, 0.3) is 5.91 Å². The average molecular weight is 686 g/mol. The fourth-order valence-corrected chi connectivity index (χ4v) is 5.90. The molecule has 4 aromatic carbocycles. The van der Waals surface area contributed by atoms with Gasteiger partial charge in [-0.1, -0.05) is 88.0 Å². The lowest BCUT2D eigenvalue weighted by molar-refractivity contribution is -0.128. The van der Waals surface area contributed by atoms with Crippen LogP contribution >= 0.6 is 23.2 Å². The first-order valence-electron chi connectivity index (χ1n) is 15.0. The fourth-order valence-electron chi connectivity index (χ4n) is 5.39. The van der Waals surface area contributed by atoms with Crippen LogP contribution in [0.2, 0.25) is 10.0 Å². The monoisotopic (exact) mass is 684 g/mol. The highest BCUT2D eigenvalue weighted by atomic mass is 35.5. The van der Waals surface area contributed by atoms with Crippen LogP contribution in [0.25, 0.3) is 20.9 Å². The predicted octanol–water partition coefficient (Wildman–Crippen LogP) is 8.50. The summed E-state index contributed by atoms with van der Waals surface area (Å²) in [6, 6.07) is 25.9. The highest BCUT2D eigenvalue weighted by Crippen LogP contribution is 2.46. The van der Waals surface area contributed by atoms with E-state index in [0.717, 1.165) is 5.56 Å². The molecule has 0 aromatic heterocycles. The van der Waals surface area contributed by atoms with Gasteiger partial charge < -0.3 is 19.9 Å². The van der Waals surface area contributed by atoms with Crippen molar-refractivity contribution in [3.63, 3.8) is 0 Å². The average Bonchev–Trinajstić information content (AvgIpc) is 3.47. The first-order valence-corrected chi connectivity index (χ1v) is 15.7. The molecule has 0 bridgehead atoms. The molecule has 0 spiro atoms. The summed E-state index contributed by atoms with van der Waals surface area (Å²) in [5.41, 5.74) is 20.0. The highest BCUT2D eigenvalue weighted by molar-refractivity contribution is 6.35. The zero-order valence-electron chi connectivity index (χ0n) is 25.5. The van der Waals surface area contributed by atoms with Gasteiger partial charge in [0.05, 0.1) is 6.61 Å². The standard InChI is InChI=1S/C34H30Cl2N8O4/c35-25-13-10-22(28(36)20-25)16-17-39-33(46)34(21-24-6-1-3-8-29(24)41-43-37)31(27-7-2-4-9-30(27)42-44-38)48-32(40-34)23-11-14-26(15-12-23)47-19-5-18-45/h1-4,6-15,20,31,45H,5,16-19,21H2,(H,39,46)/t31-,34-/m1/s1. The Hall–Kier alpha value is -5.22. The number of aliphatic imine (C=N–C) groups is 1. The molecular weight excluding hydrogens is 655 g/mol. The summed E-state index contributed by atoms with van der Waals surface area (Å²) < 4.78 is 12.2. The van der Waals surface area contributed by atoms with Gasteiger partial charge in [0.1, 0.15) is 5.75 Å². The van der Waals surface area contributed by atoms with Crippen LogP contribution in [0, 0.1) is 0 Å². The minimum Gasteiger partial charge on any atom is -0.494 e. The first-order chi connectivity index (χ1) is 23.4. The van der Waals surface area contributed by atoms with E-state index in [4.69, 9.17) is 42.8 Å². The molecule has 48 heavy (non-hydrogen) atoms. The van der Waals surface area contributed by atoms with Crippen LogP contribution in [-0.2, 0) is 22.4 Å². The van der Waals surface area contributed by atoms with Crippen LogP contribution in [0.15, 0.2) is 106 Å². The van der Waals surface area contributed by atoms with Crippen LogP contribution in [0.3, 0.4) is 0 Å². The number of hydrogen-bond donors (Lipinski definition) is 2. The lowest BCUT2D eigenvalue weighted by Gasteiger charge is -2.32. The number of nitrogens with zero attached hydrogens (tertiary/aromatic N) is 7. The normalized spacial score (nSPS) is 16.6. The molecule has 244 valence electrons. The van der Waals surface area contributed by atoms with Gasteiger partial charge >= 0.3 is 0 Å². The SMILES string of the molecule is [N-]=[N+]=Nc1ccccc1C[C@@]1(C(=O)NCCc2ccc(Cl)cc2Cl)N=C(c2ccc(OCCCO)cc2)O[C@@H]1c1ccccc1N=[N+]=[N-]. The number of halogens is 2. The van der Waals surface area contributed by atoms with Gasteiger partial charge in [0.15, 0.2) is 11.6 Å². The highest BCUT2D eigenvalue weighted by Gasteiger charge is 2.54. The minimum atomic E-state index is -1.66. The van der Waals surface area contributed by atoms with E-state index in [-0.39, 0.29) is 31.2 Å². The second-order valence-electron chi connectivity index (χ2n) is 10.8. The van der Waals surface area contributed by atoms with Crippen LogP contribution < -0.4 is 10.1 Å². The van der Waals surface area contributed by atoms with E-state index in [2.05, 4.69) is 25.4 Å². The quantitative estimate of drug-likeness (QED) is 0.0585. The van der Waals surface area contributed by atoms with Crippen LogP contribution in [0.4, 0.5) is 11.4 Å². The summed E-state index contributed by atoms with van der Waals surface area (Å²) in [5, 5.41) is 20.8. The Labute approximate surface area is 286 Å². The smallest absolute Gasteiger partial charge is 0.252 e. The molecule has 0 saturated carbocycles. The molecule has 1 aliphatic heterocycles. The Morgan fingerprint density at radius 3 is 2.40 bits per heavy atom. The van der Waals surface area contributed by atoms with Gasteiger partial charge in [0, 0.05) is 68.4 Å². The van der Waals surface area contributed by atoms with E-state index in [9.17, 15) is 15.9 Å². The number of benzene rings is 4. The molecule has 0 radical (unpaired) electrons. The van der Waals surface area contributed by atoms with Crippen molar-refractivity contribution in [2.75, 3.05) is 19.8 Å². The van der Waals surface area contributed by atoms with Crippen molar-refractivity contribution in [3.05, 3.63) is 144 Å². The number of ether oxygens (including phenoxy) is 2. The van der Waals surface area contributed by atoms with E-state index in [1.54, 1.807) is 91.0 Å². The molecule has 5 rings (SSSR count). The Bertz CT molecular complexity index is 1910. The summed E-state index contributed by atoms with van der Waals surface area (Å²) >= 11 is 12.5. The second-order valence-corrected chi connectivity index (χ2v) is 11.6. The van der Waals surface area contributed by atoms with Crippen molar-refractivity contribution in [3.8, 4) is 5.75 Å². The first kappa shape index (κ1) is 34.1. The van der Waals surface area contributed by atoms with Crippen LogP contribution in [0.5, 0.6) is 5.75 Å². The third kappa shape index (κ3) is 7.83. The number of nitrogens with one attached hydrogen (secondary N) is 1. The molecule has 4 aromatic rings. The number of rotatable bonds is 14. The number of carbonyl (C=O) groups is 1. The summed E-state index contributed by atoms with van der Waals surface area (Å²) in [4.78, 5) is 25.6. The Balaban J connectivity index is 1.60. The maximum Gasteiger partial charge on any atom is 0.252 e. The molecule has 1 heterocycles. The van der Waals surface area contributed by atoms with Gasteiger partial charge in [-0.05, 0) is 65.0 Å². The number of hydrogen-bond acceptors (Lipinski definition) is 7. The molecule has 0 unspecified atom stereocenters. The van der Waals surface area contributed by atoms with Crippen LogP contribution in [0.1, 0.15) is 34.8 Å². The van der Waals surface area contributed by atoms with E-state index >= 15 is 0 Å². The zero-order chi connectivity index (χ0) is 33.9. The summed E-state index contributed by atoms with van der Waals surface area (Å²) in [6.45, 7) is 0.567. The maximum atomic E-state index is 14.6. The molecule has 2 N–H and O–H groups in total. The number of aliphatic hydroxyl groups excluding tert-OH is 1. The topological polar surface area (TPSA) is 178 Å². The zero-order valence-corrected chi connectivity index (χ0v) is 27.1. The van der Waals surface area contributed by atoms with Gasteiger partial charge in [-0.25, -0.2) is 4.99 Å². The Morgan fingerprint density at radius 2 is 1.67 bits per heavy atom. The number of amides is 1. The Kier molecular flexibility index (Phi) is 11.4. The molecular formula is C34H30Cl2N8O4. The summed E-state index contributed by atoms with van der Waals surface area (Å²) in [6.07, 6.45) is -0.199. The Morgan fingerprint density at radius 1 is 0.958 bits per heavy atom. The largest absolute Gasteiger partial charge is 0.494 e. The molecule has 1 amide bonds. The number of aliphatic hydroxyl groups is 1. The van der Waals surface area contributed by atoms with E-state index in [1.165, 1.54) is 0 Å². The molecule has 12 nitrogen and oxygen atoms in total. The van der Waals surface area contributed by atoms with Crippen molar-refractivity contribution >= 4 is 46.4 Å². The molecule has 0 aliphatic carbocycles. The second kappa shape index (κ2) is 16.1. The van der Waals surface area contributed by atoms with Gasteiger partial charge in [0.2, 0.25) is 5.90 Å². The maximum absolute atomic E-state index is 14.6. The van der Waals surface area contributed by atoms with E-state index in [0.29, 0.717) is 57.6 Å². The fraction of sp³-hybridized carbons (Fsp3) is 0.235. The van der Waals surface area contributed by atoms with Crippen molar-refractivity contribution in [1.82, 2.24) is 5.32 Å². The number of carbonyl (C=O) groups excluding carboxylic acids is 1. The van der Waals surface area contributed by atoms with Gasteiger partial charge in [-0.3, -0.25) is 4.79 Å². The van der Waals surface area contributed by atoms with Crippen molar-refractivity contribution < 1.29 is 19.4 Å². The minimum absolute atomic E-state index is 0.0150. The summed E-state index contributed by atoms with van der Waals surface area (Å²) in [7, 11) is 0. The molecule has 0 saturated heterocycles. The third-order valence-electron chi connectivity index (χ3n) is 7.70. The molecule has 14 heteroatoms.